The standard InChI is InChI=1S/C12H21ClN2O5/c13-3-4-14-12(19)15(5-7-1-2-7)11-10(18)9(17)8(16)6-20-11/h7-11,16-18H,1-6H2,(H,14,19)/t8-,9-,10+,11?/m0/s1. The van der Waals surface area contributed by atoms with E-state index in [0.29, 0.717) is 24.9 Å². The van der Waals surface area contributed by atoms with Crippen LogP contribution in [-0.2, 0) is 4.74 Å². The molecule has 116 valence electrons. The van der Waals surface area contributed by atoms with Crippen LogP contribution in [0.3, 0.4) is 0 Å². The number of hydrogen-bond donors (Lipinski definition) is 4. The molecule has 1 saturated heterocycles. The second-order valence-electron chi connectivity index (χ2n) is 5.29. The molecule has 0 radical (unpaired) electrons. The summed E-state index contributed by atoms with van der Waals surface area (Å²) in [6.07, 6.45) is -2.68. The second-order valence-corrected chi connectivity index (χ2v) is 5.67. The van der Waals surface area contributed by atoms with Gasteiger partial charge in [0.15, 0.2) is 6.23 Å². The van der Waals surface area contributed by atoms with Gasteiger partial charge >= 0.3 is 6.03 Å². The van der Waals surface area contributed by atoms with E-state index in [1.54, 1.807) is 0 Å². The van der Waals surface area contributed by atoms with Gasteiger partial charge in [-0.15, -0.1) is 11.6 Å². The molecule has 1 aliphatic heterocycles. The number of halogens is 1. The van der Waals surface area contributed by atoms with Gasteiger partial charge in [-0.25, -0.2) is 4.79 Å². The van der Waals surface area contributed by atoms with E-state index in [2.05, 4.69) is 5.32 Å². The molecule has 2 rings (SSSR count). The highest BCUT2D eigenvalue weighted by atomic mass is 35.5. The van der Waals surface area contributed by atoms with Crippen LogP contribution >= 0.6 is 11.6 Å². The Bertz CT molecular complexity index is 342. The normalized spacial score (nSPS) is 33.8. The number of carbonyl (C=O) groups is 1. The Morgan fingerprint density at radius 1 is 1.30 bits per heavy atom. The molecule has 1 saturated carbocycles. The summed E-state index contributed by atoms with van der Waals surface area (Å²) in [4.78, 5) is 13.5. The van der Waals surface area contributed by atoms with Crippen LogP contribution in [0, 0.1) is 5.92 Å². The second kappa shape index (κ2) is 6.91. The van der Waals surface area contributed by atoms with Crippen LogP contribution in [0.5, 0.6) is 0 Å². The minimum atomic E-state index is -1.33. The zero-order valence-electron chi connectivity index (χ0n) is 11.1. The molecule has 8 heteroatoms. The molecule has 0 spiro atoms. The van der Waals surface area contributed by atoms with Crippen molar-refractivity contribution in [2.75, 3.05) is 25.6 Å². The van der Waals surface area contributed by atoms with Crippen molar-refractivity contribution in [1.29, 1.82) is 0 Å². The molecule has 20 heavy (non-hydrogen) atoms. The number of alkyl halides is 1. The first-order valence-electron chi connectivity index (χ1n) is 6.80. The minimum Gasteiger partial charge on any atom is -0.388 e. The highest BCUT2D eigenvalue weighted by Gasteiger charge is 2.43. The molecule has 0 aromatic rings. The zero-order valence-corrected chi connectivity index (χ0v) is 11.9. The molecular weight excluding hydrogens is 288 g/mol. The maximum atomic E-state index is 12.1. The maximum Gasteiger partial charge on any atom is 0.319 e. The van der Waals surface area contributed by atoms with Crippen LogP contribution in [0.2, 0.25) is 0 Å². The zero-order chi connectivity index (χ0) is 14.7. The fourth-order valence-electron chi connectivity index (χ4n) is 2.20. The Hall–Kier alpha value is -0.600. The first kappa shape index (κ1) is 15.8. The van der Waals surface area contributed by atoms with Crippen LogP contribution in [0.1, 0.15) is 12.8 Å². The average molecular weight is 309 g/mol. The van der Waals surface area contributed by atoms with Gasteiger partial charge in [-0.2, -0.15) is 0 Å². The topological polar surface area (TPSA) is 102 Å². The third-order valence-electron chi connectivity index (χ3n) is 3.56. The predicted molar refractivity (Wildman–Crippen MR) is 71.3 cm³/mol. The van der Waals surface area contributed by atoms with E-state index < -0.39 is 24.5 Å². The van der Waals surface area contributed by atoms with Gasteiger partial charge in [0.2, 0.25) is 0 Å². The predicted octanol–water partition coefficient (Wildman–Crippen LogP) is -0.914. The number of rotatable bonds is 5. The van der Waals surface area contributed by atoms with Crippen molar-refractivity contribution in [3.63, 3.8) is 0 Å². The van der Waals surface area contributed by atoms with Crippen molar-refractivity contribution in [2.24, 2.45) is 5.92 Å². The van der Waals surface area contributed by atoms with Crippen molar-refractivity contribution in [3.8, 4) is 0 Å². The average Bonchev–Trinajstić information content (AvgIpc) is 3.24. The van der Waals surface area contributed by atoms with Gasteiger partial charge in [0, 0.05) is 19.0 Å². The number of ether oxygens (including phenoxy) is 1. The molecule has 2 fully saturated rings. The van der Waals surface area contributed by atoms with Gasteiger partial charge in [-0.05, 0) is 18.8 Å². The smallest absolute Gasteiger partial charge is 0.319 e. The number of amides is 2. The number of hydrogen-bond acceptors (Lipinski definition) is 5. The maximum absolute atomic E-state index is 12.1. The Morgan fingerprint density at radius 3 is 2.60 bits per heavy atom. The third kappa shape index (κ3) is 3.73. The van der Waals surface area contributed by atoms with E-state index in [0.717, 1.165) is 12.8 Å². The van der Waals surface area contributed by atoms with Crippen molar-refractivity contribution in [1.82, 2.24) is 10.2 Å². The van der Waals surface area contributed by atoms with Crippen molar-refractivity contribution in [3.05, 3.63) is 0 Å². The van der Waals surface area contributed by atoms with Crippen molar-refractivity contribution in [2.45, 2.75) is 37.4 Å². The lowest BCUT2D eigenvalue weighted by molar-refractivity contribution is -0.219. The highest BCUT2D eigenvalue weighted by Crippen LogP contribution is 2.31. The van der Waals surface area contributed by atoms with Gasteiger partial charge in [0.1, 0.15) is 18.3 Å². The molecule has 0 aromatic heterocycles. The summed E-state index contributed by atoms with van der Waals surface area (Å²) in [5, 5.41) is 31.8. The number of nitrogens with zero attached hydrogens (tertiary/aromatic N) is 1. The number of nitrogens with one attached hydrogen (secondary N) is 1. The lowest BCUT2D eigenvalue weighted by Gasteiger charge is -2.41. The lowest BCUT2D eigenvalue weighted by Crippen LogP contribution is -2.62. The minimum absolute atomic E-state index is 0.118. The first-order chi connectivity index (χ1) is 9.54. The molecule has 0 aromatic carbocycles. The third-order valence-corrected chi connectivity index (χ3v) is 3.75. The van der Waals surface area contributed by atoms with E-state index in [1.807, 2.05) is 0 Å². The van der Waals surface area contributed by atoms with Crippen LogP contribution in [0.25, 0.3) is 0 Å². The van der Waals surface area contributed by atoms with E-state index in [-0.39, 0.29) is 12.6 Å². The quantitative estimate of drug-likeness (QED) is 0.492. The molecule has 7 nitrogen and oxygen atoms in total. The number of urea groups is 1. The molecule has 1 aliphatic carbocycles. The molecule has 2 aliphatic rings. The van der Waals surface area contributed by atoms with Gasteiger partial charge in [0.05, 0.1) is 6.61 Å². The molecular formula is C12H21ClN2O5. The molecule has 1 heterocycles. The van der Waals surface area contributed by atoms with E-state index in [4.69, 9.17) is 16.3 Å². The van der Waals surface area contributed by atoms with Crippen LogP contribution in [0.15, 0.2) is 0 Å². The van der Waals surface area contributed by atoms with Gasteiger partial charge in [-0.1, -0.05) is 0 Å². The summed E-state index contributed by atoms with van der Waals surface area (Å²) >= 11 is 5.54. The fourth-order valence-corrected chi connectivity index (χ4v) is 2.30. The Kier molecular flexibility index (Phi) is 5.45. The lowest BCUT2D eigenvalue weighted by atomic mass is 10.0. The number of carbonyl (C=O) groups excluding carboxylic acids is 1. The fraction of sp³-hybridized carbons (Fsp3) is 0.917. The van der Waals surface area contributed by atoms with E-state index in [1.165, 1.54) is 4.90 Å². The largest absolute Gasteiger partial charge is 0.388 e. The monoisotopic (exact) mass is 308 g/mol. The van der Waals surface area contributed by atoms with E-state index >= 15 is 0 Å². The van der Waals surface area contributed by atoms with Crippen LogP contribution < -0.4 is 5.32 Å². The van der Waals surface area contributed by atoms with Gasteiger partial charge < -0.3 is 25.4 Å². The van der Waals surface area contributed by atoms with E-state index in [9.17, 15) is 20.1 Å². The first-order valence-corrected chi connectivity index (χ1v) is 7.34. The summed E-state index contributed by atoms with van der Waals surface area (Å²) < 4.78 is 5.34. The van der Waals surface area contributed by atoms with Crippen LogP contribution in [0.4, 0.5) is 4.79 Å². The summed E-state index contributed by atoms with van der Waals surface area (Å²) in [5.41, 5.74) is 0. The Labute approximate surface area is 122 Å². The summed E-state index contributed by atoms with van der Waals surface area (Å²) in [5.74, 6) is 0.690. The number of aliphatic hydroxyl groups is 3. The molecule has 2 amide bonds. The van der Waals surface area contributed by atoms with Gasteiger partial charge in [-0.3, -0.25) is 4.90 Å². The Balaban J connectivity index is 2.02. The molecule has 4 N–H and O–H groups in total. The Morgan fingerprint density at radius 2 is 2.00 bits per heavy atom. The molecule has 0 bridgehead atoms. The molecule has 1 unspecified atom stereocenters. The van der Waals surface area contributed by atoms with Crippen molar-refractivity contribution < 1.29 is 24.9 Å². The SMILES string of the molecule is O=C(NCCCl)N(CC1CC1)C1OC[C@H](O)[C@H](O)[C@H]1O. The number of aliphatic hydroxyl groups excluding tert-OH is 3. The van der Waals surface area contributed by atoms with Gasteiger partial charge in [0.25, 0.3) is 0 Å². The van der Waals surface area contributed by atoms with Crippen LogP contribution in [-0.4, -0.2) is 76.4 Å². The van der Waals surface area contributed by atoms with Crippen molar-refractivity contribution >= 4 is 17.6 Å². The highest BCUT2D eigenvalue weighted by molar-refractivity contribution is 6.18. The summed E-state index contributed by atoms with van der Waals surface area (Å²) in [6, 6.07) is -0.384. The molecule has 4 atom stereocenters. The summed E-state index contributed by atoms with van der Waals surface area (Å²) in [6.45, 7) is 0.654. The summed E-state index contributed by atoms with van der Waals surface area (Å²) in [7, 11) is 0.